The standard InChI is InChI=1S/C20H18O7S/c1-25-12-13-26-20(22)27-17-16(21)18(14-8-4-2-5-9-14)28(23,24)19(17)15-10-6-3-7-11-15/h2-11,18H,12-13H2,1H3. The third kappa shape index (κ3) is 3.83. The van der Waals surface area contributed by atoms with E-state index in [9.17, 15) is 18.0 Å². The SMILES string of the molecule is COCCOC(=O)OC1=C(c2ccccc2)S(=O)(=O)C(c2ccccc2)C1=O. The summed E-state index contributed by atoms with van der Waals surface area (Å²) >= 11 is 0. The van der Waals surface area contributed by atoms with E-state index in [4.69, 9.17) is 14.2 Å². The molecule has 0 N–H and O–H groups in total. The molecule has 1 atom stereocenters. The number of hydrogen-bond donors (Lipinski definition) is 0. The number of methoxy groups -OCH3 is 1. The lowest BCUT2D eigenvalue weighted by Crippen LogP contribution is -2.18. The molecule has 0 fully saturated rings. The molecule has 0 radical (unpaired) electrons. The van der Waals surface area contributed by atoms with E-state index >= 15 is 0 Å². The average molecular weight is 402 g/mol. The molecule has 28 heavy (non-hydrogen) atoms. The molecule has 1 unspecified atom stereocenters. The molecule has 146 valence electrons. The summed E-state index contributed by atoms with van der Waals surface area (Å²) in [6.07, 6.45) is -1.17. The van der Waals surface area contributed by atoms with Crippen molar-refractivity contribution in [3.8, 4) is 0 Å². The van der Waals surface area contributed by atoms with Crippen LogP contribution in [-0.4, -0.2) is 40.7 Å². The molecule has 0 aromatic heterocycles. The minimum atomic E-state index is -4.13. The van der Waals surface area contributed by atoms with Gasteiger partial charge in [0.2, 0.25) is 5.78 Å². The zero-order chi connectivity index (χ0) is 20.1. The Bertz CT molecular complexity index is 995. The maximum Gasteiger partial charge on any atom is 0.514 e. The van der Waals surface area contributed by atoms with Gasteiger partial charge in [-0.1, -0.05) is 60.7 Å². The molecule has 1 aliphatic rings. The number of ether oxygens (including phenoxy) is 3. The summed E-state index contributed by atoms with van der Waals surface area (Å²) in [5.74, 6) is -1.35. The summed E-state index contributed by atoms with van der Waals surface area (Å²) in [5.41, 5.74) is 0.557. The lowest BCUT2D eigenvalue weighted by Gasteiger charge is -2.10. The second kappa shape index (κ2) is 8.37. The van der Waals surface area contributed by atoms with Crippen LogP contribution >= 0.6 is 0 Å². The van der Waals surface area contributed by atoms with Crippen molar-refractivity contribution in [2.45, 2.75) is 5.25 Å². The van der Waals surface area contributed by atoms with Crippen molar-refractivity contribution < 1.29 is 32.2 Å². The molecule has 0 aliphatic carbocycles. The summed E-state index contributed by atoms with van der Waals surface area (Å²) in [5, 5.41) is -1.48. The van der Waals surface area contributed by atoms with Gasteiger partial charge >= 0.3 is 6.16 Å². The van der Waals surface area contributed by atoms with Gasteiger partial charge in [0.15, 0.2) is 20.8 Å². The first-order valence-electron chi connectivity index (χ1n) is 8.43. The van der Waals surface area contributed by atoms with E-state index in [1.165, 1.54) is 19.2 Å². The summed E-state index contributed by atoms with van der Waals surface area (Å²) in [4.78, 5) is 24.6. The number of Topliss-reactive ketones (excluding diaryl/α,β-unsaturated/α-hetero) is 1. The van der Waals surface area contributed by atoms with Gasteiger partial charge < -0.3 is 14.2 Å². The Morgan fingerprint density at radius 1 is 0.964 bits per heavy atom. The Labute approximate surface area is 162 Å². The van der Waals surface area contributed by atoms with E-state index in [2.05, 4.69) is 0 Å². The zero-order valence-electron chi connectivity index (χ0n) is 15.0. The number of hydrogen-bond acceptors (Lipinski definition) is 7. The Morgan fingerprint density at radius 2 is 1.57 bits per heavy atom. The lowest BCUT2D eigenvalue weighted by atomic mass is 10.1. The van der Waals surface area contributed by atoms with Crippen LogP contribution in [0.2, 0.25) is 0 Å². The van der Waals surface area contributed by atoms with Gasteiger partial charge in [0.25, 0.3) is 0 Å². The molecular formula is C20H18O7S. The fourth-order valence-corrected chi connectivity index (χ4v) is 4.89. The molecular weight excluding hydrogens is 384 g/mol. The van der Waals surface area contributed by atoms with Crippen molar-refractivity contribution in [2.75, 3.05) is 20.3 Å². The molecule has 7 nitrogen and oxygen atoms in total. The largest absolute Gasteiger partial charge is 0.514 e. The van der Waals surface area contributed by atoms with Gasteiger partial charge in [0.1, 0.15) is 11.5 Å². The van der Waals surface area contributed by atoms with Gasteiger partial charge in [0, 0.05) is 7.11 Å². The smallest absolute Gasteiger partial charge is 0.432 e. The van der Waals surface area contributed by atoms with Gasteiger partial charge in [-0.15, -0.1) is 0 Å². The van der Waals surface area contributed by atoms with Crippen LogP contribution < -0.4 is 0 Å². The first-order valence-corrected chi connectivity index (χ1v) is 9.97. The minimum Gasteiger partial charge on any atom is -0.432 e. The quantitative estimate of drug-likeness (QED) is 0.541. The number of rotatable bonds is 6. The Morgan fingerprint density at radius 3 is 2.18 bits per heavy atom. The van der Waals surface area contributed by atoms with Crippen LogP contribution in [0.1, 0.15) is 16.4 Å². The van der Waals surface area contributed by atoms with Crippen molar-refractivity contribution in [3.63, 3.8) is 0 Å². The molecule has 0 amide bonds. The number of carbonyl (C=O) groups is 2. The maximum absolute atomic E-state index is 13.2. The normalized spacial score (nSPS) is 18.2. The zero-order valence-corrected chi connectivity index (χ0v) is 15.8. The first kappa shape index (κ1) is 19.8. The van der Waals surface area contributed by atoms with Crippen molar-refractivity contribution in [1.29, 1.82) is 0 Å². The number of carbonyl (C=O) groups excluding carboxylic acids is 2. The van der Waals surface area contributed by atoms with Crippen LogP contribution in [0.15, 0.2) is 66.4 Å². The van der Waals surface area contributed by atoms with Crippen LogP contribution in [-0.2, 0) is 28.8 Å². The summed E-state index contributed by atoms with van der Waals surface area (Å²) in [7, 11) is -2.70. The third-order valence-corrected chi connectivity index (χ3v) is 6.19. The molecule has 8 heteroatoms. The predicted molar refractivity (Wildman–Crippen MR) is 101 cm³/mol. The van der Waals surface area contributed by atoms with Crippen molar-refractivity contribution >= 4 is 26.7 Å². The summed E-state index contributed by atoms with van der Waals surface area (Å²) in [6.45, 7) is 0.0465. The van der Waals surface area contributed by atoms with Crippen molar-refractivity contribution in [2.24, 2.45) is 0 Å². The summed E-state index contributed by atoms with van der Waals surface area (Å²) in [6, 6.07) is 16.1. The van der Waals surface area contributed by atoms with E-state index in [0.717, 1.165) is 0 Å². The number of benzene rings is 2. The molecule has 2 aromatic carbocycles. The van der Waals surface area contributed by atoms with Gasteiger partial charge in [-0.25, -0.2) is 13.2 Å². The average Bonchev–Trinajstić information content (AvgIpc) is 2.88. The maximum atomic E-state index is 13.2. The fraction of sp³-hybridized carbons (Fsp3) is 0.200. The monoisotopic (exact) mass is 402 g/mol. The Hall–Kier alpha value is -2.97. The molecule has 0 saturated carbocycles. The van der Waals surface area contributed by atoms with Crippen molar-refractivity contribution in [3.05, 3.63) is 77.5 Å². The lowest BCUT2D eigenvalue weighted by molar-refractivity contribution is -0.117. The van der Waals surface area contributed by atoms with E-state index in [1.807, 2.05) is 0 Å². The highest BCUT2D eigenvalue weighted by atomic mass is 32.2. The van der Waals surface area contributed by atoms with Crippen LogP contribution in [0.4, 0.5) is 4.79 Å². The van der Waals surface area contributed by atoms with Crippen LogP contribution in [0.5, 0.6) is 0 Å². The number of sulfone groups is 1. The molecule has 2 aromatic rings. The predicted octanol–water partition coefficient (Wildman–Crippen LogP) is 2.89. The molecule has 0 saturated heterocycles. The van der Waals surface area contributed by atoms with E-state index < -0.39 is 32.8 Å². The molecule has 1 aliphatic heterocycles. The molecule has 3 rings (SSSR count). The topological polar surface area (TPSA) is 96.0 Å². The molecule has 1 heterocycles. The third-order valence-electron chi connectivity index (χ3n) is 4.09. The van der Waals surface area contributed by atoms with Crippen molar-refractivity contribution in [1.82, 2.24) is 0 Å². The highest BCUT2D eigenvalue weighted by Gasteiger charge is 2.50. The highest BCUT2D eigenvalue weighted by molar-refractivity contribution is 8.02. The van der Waals surface area contributed by atoms with Gasteiger partial charge in [-0.05, 0) is 11.1 Å². The van der Waals surface area contributed by atoms with Gasteiger partial charge in [-0.3, -0.25) is 4.79 Å². The van der Waals surface area contributed by atoms with Crippen LogP contribution in [0.25, 0.3) is 4.91 Å². The van der Waals surface area contributed by atoms with E-state index in [1.54, 1.807) is 48.5 Å². The number of allylic oxidation sites excluding steroid dienone is 1. The van der Waals surface area contributed by atoms with E-state index in [-0.39, 0.29) is 23.7 Å². The minimum absolute atomic E-state index is 0.0909. The second-order valence-corrected chi connectivity index (χ2v) is 7.89. The molecule has 0 bridgehead atoms. The van der Waals surface area contributed by atoms with Gasteiger partial charge in [-0.2, -0.15) is 0 Å². The second-order valence-electron chi connectivity index (χ2n) is 5.92. The number of ketones is 1. The van der Waals surface area contributed by atoms with E-state index in [0.29, 0.717) is 5.56 Å². The van der Waals surface area contributed by atoms with Crippen LogP contribution in [0, 0.1) is 0 Å². The fourth-order valence-electron chi connectivity index (χ4n) is 2.88. The Kier molecular flexibility index (Phi) is 5.91. The molecule has 0 spiro atoms. The first-order chi connectivity index (χ1) is 13.5. The van der Waals surface area contributed by atoms with Gasteiger partial charge in [0.05, 0.1) is 6.61 Å². The Balaban J connectivity index is 2.05. The summed E-state index contributed by atoms with van der Waals surface area (Å²) < 4.78 is 41.1. The highest BCUT2D eigenvalue weighted by Crippen LogP contribution is 2.44. The van der Waals surface area contributed by atoms with Crippen LogP contribution in [0.3, 0.4) is 0 Å².